The Hall–Kier alpha value is -0.760. The highest BCUT2D eigenvalue weighted by molar-refractivity contribution is 6.21. The molecule has 1 aromatic carbocycles. The third-order valence-electron chi connectivity index (χ3n) is 3.32. The molecular formula is C13H16ClFO. The van der Waals surface area contributed by atoms with Gasteiger partial charge in [0.1, 0.15) is 0 Å². The van der Waals surface area contributed by atoms with Crippen LogP contribution in [0.4, 0.5) is 4.39 Å². The van der Waals surface area contributed by atoms with Crippen molar-refractivity contribution in [3.63, 3.8) is 0 Å². The summed E-state index contributed by atoms with van der Waals surface area (Å²) in [7, 11) is 1.46. The lowest BCUT2D eigenvalue weighted by atomic mass is 9.96. The molecule has 2 rings (SSSR count). The van der Waals surface area contributed by atoms with Gasteiger partial charge in [-0.05, 0) is 42.4 Å². The van der Waals surface area contributed by atoms with Crippen molar-refractivity contribution in [1.82, 2.24) is 0 Å². The third kappa shape index (κ3) is 2.32. The van der Waals surface area contributed by atoms with Gasteiger partial charge in [0, 0.05) is 0 Å². The summed E-state index contributed by atoms with van der Waals surface area (Å²) < 4.78 is 18.4. The fraction of sp³-hybridized carbons (Fsp3) is 0.538. The van der Waals surface area contributed by atoms with Gasteiger partial charge in [-0.1, -0.05) is 13.0 Å². The van der Waals surface area contributed by atoms with Crippen LogP contribution in [-0.4, -0.2) is 7.11 Å². The van der Waals surface area contributed by atoms with Crippen LogP contribution in [0.5, 0.6) is 5.75 Å². The fourth-order valence-corrected chi connectivity index (χ4v) is 2.36. The molecule has 88 valence electrons. The molecule has 0 spiro atoms. The van der Waals surface area contributed by atoms with Gasteiger partial charge in [0.2, 0.25) is 0 Å². The average Bonchev–Trinajstić information content (AvgIpc) is 3.11. The van der Waals surface area contributed by atoms with Gasteiger partial charge in [-0.2, -0.15) is 0 Å². The van der Waals surface area contributed by atoms with Crippen LogP contribution in [-0.2, 0) is 0 Å². The van der Waals surface area contributed by atoms with Crippen LogP contribution in [0, 0.1) is 17.7 Å². The van der Waals surface area contributed by atoms with E-state index in [0.717, 1.165) is 5.56 Å². The molecule has 1 aliphatic carbocycles. The minimum Gasteiger partial charge on any atom is -0.494 e. The normalized spacial score (nSPS) is 19.2. The maximum Gasteiger partial charge on any atom is 0.165 e. The van der Waals surface area contributed by atoms with Gasteiger partial charge in [-0.15, -0.1) is 11.6 Å². The monoisotopic (exact) mass is 242 g/mol. The zero-order valence-corrected chi connectivity index (χ0v) is 10.3. The van der Waals surface area contributed by atoms with E-state index in [2.05, 4.69) is 6.92 Å². The number of ether oxygens (including phenoxy) is 1. The molecule has 1 aromatic rings. The molecular weight excluding hydrogens is 227 g/mol. The van der Waals surface area contributed by atoms with E-state index < -0.39 is 0 Å². The Balaban J connectivity index is 2.16. The van der Waals surface area contributed by atoms with E-state index in [1.54, 1.807) is 6.07 Å². The second-order valence-electron chi connectivity index (χ2n) is 4.49. The number of halogens is 2. The van der Waals surface area contributed by atoms with E-state index in [-0.39, 0.29) is 16.9 Å². The minimum absolute atomic E-state index is 0.104. The van der Waals surface area contributed by atoms with E-state index in [4.69, 9.17) is 16.3 Å². The van der Waals surface area contributed by atoms with Gasteiger partial charge in [-0.3, -0.25) is 0 Å². The molecule has 0 radical (unpaired) electrons. The molecule has 0 N–H and O–H groups in total. The van der Waals surface area contributed by atoms with E-state index in [0.29, 0.717) is 11.8 Å². The molecule has 1 saturated carbocycles. The summed E-state index contributed by atoms with van der Waals surface area (Å²) in [6, 6.07) is 4.97. The minimum atomic E-state index is -0.339. The van der Waals surface area contributed by atoms with E-state index in [1.807, 2.05) is 6.07 Å². The summed E-state index contributed by atoms with van der Waals surface area (Å²) in [5, 5.41) is -0.104. The number of hydrogen-bond donors (Lipinski definition) is 0. The molecule has 1 fully saturated rings. The molecule has 3 heteroatoms. The van der Waals surface area contributed by atoms with Gasteiger partial charge < -0.3 is 4.74 Å². The summed E-state index contributed by atoms with van der Waals surface area (Å²) in [6.07, 6.45) is 2.51. The first-order valence-corrected chi connectivity index (χ1v) is 6.04. The van der Waals surface area contributed by atoms with Crippen molar-refractivity contribution in [2.45, 2.75) is 25.1 Å². The van der Waals surface area contributed by atoms with Crippen molar-refractivity contribution >= 4 is 11.6 Å². The quantitative estimate of drug-likeness (QED) is 0.721. The summed E-state index contributed by atoms with van der Waals surface area (Å²) >= 11 is 6.35. The smallest absolute Gasteiger partial charge is 0.165 e. The number of methoxy groups -OCH3 is 1. The standard InChI is InChI=1S/C13H16ClFO/c1-8(9-3-4-9)13(14)10-5-6-12(16-2)11(15)7-10/h5-9,13H,3-4H2,1-2H3. The molecule has 1 aliphatic rings. The largest absolute Gasteiger partial charge is 0.494 e. The van der Waals surface area contributed by atoms with Crippen molar-refractivity contribution in [2.75, 3.05) is 7.11 Å². The van der Waals surface area contributed by atoms with E-state index in [9.17, 15) is 4.39 Å². The molecule has 0 aliphatic heterocycles. The SMILES string of the molecule is COc1ccc(C(Cl)C(C)C2CC2)cc1F. The zero-order chi connectivity index (χ0) is 11.7. The van der Waals surface area contributed by atoms with Crippen molar-refractivity contribution in [2.24, 2.45) is 11.8 Å². The maximum absolute atomic E-state index is 13.5. The molecule has 2 atom stereocenters. The Kier molecular flexibility index (Phi) is 3.38. The Labute approximate surface area is 101 Å². The summed E-state index contributed by atoms with van der Waals surface area (Å²) in [6.45, 7) is 2.14. The van der Waals surface area contributed by atoms with Crippen LogP contribution < -0.4 is 4.74 Å². The lowest BCUT2D eigenvalue weighted by Gasteiger charge is -2.18. The lowest BCUT2D eigenvalue weighted by Crippen LogP contribution is -2.06. The number of alkyl halides is 1. The third-order valence-corrected chi connectivity index (χ3v) is 3.97. The van der Waals surface area contributed by atoms with Crippen molar-refractivity contribution in [3.05, 3.63) is 29.6 Å². The number of benzene rings is 1. The average molecular weight is 243 g/mol. The maximum atomic E-state index is 13.5. The Bertz CT molecular complexity index is 376. The summed E-state index contributed by atoms with van der Waals surface area (Å²) in [5.41, 5.74) is 0.847. The van der Waals surface area contributed by atoms with Crippen LogP contribution in [0.15, 0.2) is 18.2 Å². The van der Waals surface area contributed by atoms with Crippen LogP contribution >= 0.6 is 11.6 Å². The van der Waals surface area contributed by atoms with Crippen molar-refractivity contribution in [3.8, 4) is 5.75 Å². The first-order chi connectivity index (χ1) is 7.63. The predicted octanol–water partition coefficient (Wildman–Crippen LogP) is 4.16. The van der Waals surface area contributed by atoms with Gasteiger partial charge in [0.25, 0.3) is 0 Å². The van der Waals surface area contributed by atoms with Gasteiger partial charge in [0.15, 0.2) is 11.6 Å². The predicted molar refractivity (Wildman–Crippen MR) is 63.4 cm³/mol. The van der Waals surface area contributed by atoms with Crippen LogP contribution in [0.3, 0.4) is 0 Å². The Morgan fingerprint density at radius 3 is 2.62 bits per heavy atom. The molecule has 16 heavy (non-hydrogen) atoms. The highest BCUT2D eigenvalue weighted by Crippen LogP contribution is 2.45. The highest BCUT2D eigenvalue weighted by atomic mass is 35.5. The second kappa shape index (κ2) is 4.62. The van der Waals surface area contributed by atoms with Crippen molar-refractivity contribution in [1.29, 1.82) is 0 Å². The molecule has 0 saturated heterocycles. The molecule has 0 heterocycles. The van der Waals surface area contributed by atoms with Gasteiger partial charge >= 0.3 is 0 Å². The van der Waals surface area contributed by atoms with E-state index in [1.165, 1.54) is 26.0 Å². The topological polar surface area (TPSA) is 9.23 Å². The first kappa shape index (κ1) is 11.7. The molecule has 0 aromatic heterocycles. The van der Waals surface area contributed by atoms with Gasteiger partial charge in [0.05, 0.1) is 12.5 Å². The highest BCUT2D eigenvalue weighted by Gasteiger charge is 2.33. The Morgan fingerprint density at radius 1 is 1.44 bits per heavy atom. The Morgan fingerprint density at radius 2 is 2.12 bits per heavy atom. The number of rotatable bonds is 4. The van der Waals surface area contributed by atoms with Crippen molar-refractivity contribution < 1.29 is 9.13 Å². The summed E-state index contributed by atoms with van der Waals surface area (Å²) in [4.78, 5) is 0. The summed E-state index contributed by atoms with van der Waals surface area (Å²) in [5.74, 6) is 1.06. The van der Waals surface area contributed by atoms with Crippen LogP contribution in [0.1, 0.15) is 30.7 Å². The molecule has 0 bridgehead atoms. The van der Waals surface area contributed by atoms with Crippen LogP contribution in [0.2, 0.25) is 0 Å². The van der Waals surface area contributed by atoms with E-state index >= 15 is 0 Å². The zero-order valence-electron chi connectivity index (χ0n) is 9.54. The molecule has 0 amide bonds. The molecule has 1 nitrogen and oxygen atoms in total. The van der Waals surface area contributed by atoms with Crippen LogP contribution in [0.25, 0.3) is 0 Å². The second-order valence-corrected chi connectivity index (χ2v) is 4.96. The number of hydrogen-bond acceptors (Lipinski definition) is 1. The fourth-order valence-electron chi connectivity index (χ4n) is 2.02. The lowest BCUT2D eigenvalue weighted by molar-refractivity contribution is 0.385. The van der Waals surface area contributed by atoms with Gasteiger partial charge in [-0.25, -0.2) is 4.39 Å². The molecule has 2 unspecified atom stereocenters. The first-order valence-electron chi connectivity index (χ1n) is 5.61.